The summed E-state index contributed by atoms with van der Waals surface area (Å²) >= 11 is 0. The summed E-state index contributed by atoms with van der Waals surface area (Å²) in [5, 5.41) is 10.9. The Morgan fingerprint density at radius 3 is 2.60 bits per heavy atom. The summed E-state index contributed by atoms with van der Waals surface area (Å²) in [5.41, 5.74) is 0. The van der Waals surface area contributed by atoms with Gasteiger partial charge in [0, 0.05) is 15.2 Å². The highest BCUT2D eigenvalue weighted by molar-refractivity contribution is 7.43. The minimum Gasteiger partial charge on any atom is -0.428 e. The maximum atomic E-state index is 11.0. The van der Waals surface area contributed by atoms with Crippen LogP contribution >= 0.6 is 0 Å². The molecule has 1 aliphatic heterocycles. The zero-order valence-corrected chi connectivity index (χ0v) is 13.8. The molecule has 1 heterocycles. The second-order valence-corrected chi connectivity index (χ2v) is 22.6. The van der Waals surface area contributed by atoms with Gasteiger partial charge in [0.25, 0.3) is 0 Å². The summed E-state index contributed by atoms with van der Waals surface area (Å²) in [4.78, 5) is 0. The van der Waals surface area contributed by atoms with E-state index in [0.717, 1.165) is 19.4 Å². The highest BCUT2D eigenvalue weighted by Gasteiger charge is 2.51. The molecule has 0 bridgehead atoms. The quantitative estimate of drug-likeness (QED) is 0.728. The molecule has 1 atom stereocenters. The second kappa shape index (κ2) is 4.83. The topological polar surface area (TPSA) is 29.5 Å². The minimum absolute atomic E-state index is 0.0196. The second-order valence-electron chi connectivity index (χ2n) is 5.34. The Kier molecular flexibility index (Phi) is 3.88. The first-order valence-electron chi connectivity index (χ1n) is 6.53. The predicted molar refractivity (Wildman–Crippen MR) is 72.1 cm³/mol. The Balaban J connectivity index is 2.15. The smallest absolute Gasteiger partial charge is 0.141 e. The van der Waals surface area contributed by atoms with Crippen LogP contribution in [-0.4, -0.2) is 42.4 Å². The summed E-state index contributed by atoms with van der Waals surface area (Å²) in [6, 6.07) is 2.63. The standard InChI is InChI=1S/C10H24O2Si3/c1-2-15(9-8-12-13-14-15)10(11)6-4-3-5-7-10/h11H,2-9,13-14H2,1H3. The van der Waals surface area contributed by atoms with E-state index in [4.69, 9.17) is 4.43 Å². The Morgan fingerprint density at radius 1 is 1.33 bits per heavy atom. The predicted octanol–water partition coefficient (Wildman–Crippen LogP) is 0.384. The van der Waals surface area contributed by atoms with Gasteiger partial charge in [-0.2, -0.15) is 0 Å². The molecule has 1 aliphatic carbocycles. The van der Waals surface area contributed by atoms with Crippen LogP contribution in [0.25, 0.3) is 0 Å². The molecule has 2 fully saturated rings. The monoisotopic (exact) mass is 260 g/mol. The van der Waals surface area contributed by atoms with Gasteiger partial charge in [-0.3, -0.25) is 0 Å². The fraction of sp³-hybridized carbons (Fsp3) is 1.00. The van der Waals surface area contributed by atoms with Crippen LogP contribution in [0.2, 0.25) is 12.1 Å². The van der Waals surface area contributed by atoms with Crippen molar-refractivity contribution in [2.24, 2.45) is 0 Å². The molecule has 0 aromatic carbocycles. The van der Waals surface area contributed by atoms with Crippen molar-refractivity contribution in [2.45, 2.75) is 56.3 Å². The molecule has 2 rings (SSSR count). The van der Waals surface area contributed by atoms with Crippen molar-refractivity contribution >= 4 is 25.4 Å². The summed E-state index contributed by atoms with van der Waals surface area (Å²) in [6.45, 7) is 3.35. The van der Waals surface area contributed by atoms with Gasteiger partial charge >= 0.3 is 0 Å². The first-order valence-corrected chi connectivity index (χ1v) is 15.8. The molecule has 1 saturated heterocycles. The van der Waals surface area contributed by atoms with E-state index in [1.54, 1.807) is 0 Å². The van der Waals surface area contributed by atoms with Crippen LogP contribution in [0, 0.1) is 0 Å². The molecule has 0 aromatic rings. The van der Waals surface area contributed by atoms with Crippen LogP contribution in [-0.2, 0) is 4.43 Å². The Bertz CT molecular complexity index is 211. The maximum absolute atomic E-state index is 11.0. The first kappa shape index (κ1) is 12.0. The largest absolute Gasteiger partial charge is 0.428 e. The molecule has 0 radical (unpaired) electrons. The van der Waals surface area contributed by atoms with Gasteiger partial charge in [-0.1, -0.05) is 32.2 Å². The normalized spacial score (nSPS) is 39.6. The molecule has 88 valence electrons. The number of hydrogen-bond acceptors (Lipinski definition) is 2. The average molecular weight is 261 g/mol. The SMILES string of the molecule is CC[Si]1(C2(O)CCCCC2)CCO[SiH2][SiH2]1. The van der Waals surface area contributed by atoms with E-state index in [1.807, 2.05) is 0 Å². The van der Waals surface area contributed by atoms with Gasteiger partial charge in [0.15, 0.2) is 0 Å². The third kappa shape index (κ3) is 2.17. The van der Waals surface area contributed by atoms with Gasteiger partial charge < -0.3 is 9.53 Å². The molecule has 2 aliphatic rings. The van der Waals surface area contributed by atoms with Crippen LogP contribution in [0.1, 0.15) is 39.0 Å². The van der Waals surface area contributed by atoms with Gasteiger partial charge in [-0.15, -0.1) is 0 Å². The third-order valence-corrected chi connectivity index (χ3v) is 30.9. The van der Waals surface area contributed by atoms with Gasteiger partial charge in [0.1, 0.15) is 9.28 Å². The lowest BCUT2D eigenvalue weighted by Crippen LogP contribution is -2.67. The Labute approximate surface area is 98.1 Å². The van der Waals surface area contributed by atoms with Crippen molar-refractivity contribution in [1.82, 2.24) is 0 Å². The number of hydrogen-bond donors (Lipinski definition) is 1. The molecule has 1 N–H and O–H groups in total. The molecule has 0 amide bonds. The fourth-order valence-electron chi connectivity index (χ4n) is 3.58. The molecule has 5 heteroatoms. The Morgan fingerprint density at radius 2 is 2.07 bits per heavy atom. The zero-order valence-electron chi connectivity index (χ0n) is 9.93. The third-order valence-electron chi connectivity index (χ3n) is 4.79. The van der Waals surface area contributed by atoms with E-state index in [2.05, 4.69) is 6.92 Å². The lowest BCUT2D eigenvalue weighted by molar-refractivity contribution is 0.0734. The molecular formula is C10H24O2Si3. The maximum Gasteiger partial charge on any atom is 0.141 e. The van der Waals surface area contributed by atoms with Crippen LogP contribution < -0.4 is 0 Å². The summed E-state index contributed by atoms with van der Waals surface area (Å²) in [7, 11) is -1.38. The molecule has 2 nitrogen and oxygen atoms in total. The molecule has 0 aromatic heterocycles. The molecule has 1 saturated carbocycles. The van der Waals surface area contributed by atoms with E-state index in [-0.39, 0.29) is 23.1 Å². The summed E-state index contributed by atoms with van der Waals surface area (Å²) in [5.74, 6) is 0. The number of rotatable bonds is 2. The summed E-state index contributed by atoms with van der Waals surface area (Å²) in [6.07, 6.45) is 6.18. The van der Waals surface area contributed by atoms with Crippen molar-refractivity contribution < 1.29 is 9.53 Å². The molecule has 1 unspecified atom stereocenters. The van der Waals surface area contributed by atoms with Crippen molar-refractivity contribution in [3.63, 3.8) is 0 Å². The first-order chi connectivity index (χ1) is 7.22. The molecule has 0 spiro atoms. The highest BCUT2D eigenvalue weighted by Crippen LogP contribution is 2.40. The van der Waals surface area contributed by atoms with Crippen molar-refractivity contribution in [3.05, 3.63) is 0 Å². The van der Waals surface area contributed by atoms with Gasteiger partial charge in [-0.25, -0.2) is 0 Å². The van der Waals surface area contributed by atoms with E-state index >= 15 is 0 Å². The van der Waals surface area contributed by atoms with E-state index in [9.17, 15) is 5.11 Å². The van der Waals surface area contributed by atoms with Crippen LogP contribution in [0.3, 0.4) is 0 Å². The van der Waals surface area contributed by atoms with Crippen LogP contribution in [0.15, 0.2) is 0 Å². The van der Waals surface area contributed by atoms with Gasteiger partial charge in [0.2, 0.25) is 0 Å². The minimum atomic E-state index is -1.25. The van der Waals surface area contributed by atoms with E-state index in [1.165, 1.54) is 31.4 Å². The zero-order chi connectivity index (χ0) is 10.8. The Hall–Kier alpha value is 0.571. The van der Waals surface area contributed by atoms with Gasteiger partial charge in [0.05, 0.1) is 12.8 Å². The molecular weight excluding hydrogens is 236 g/mol. The molecule has 15 heavy (non-hydrogen) atoms. The van der Waals surface area contributed by atoms with Crippen molar-refractivity contribution in [3.8, 4) is 0 Å². The lowest BCUT2D eigenvalue weighted by Gasteiger charge is -2.49. The highest BCUT2D eigenvalue weighted by atomic mass is 29.6. The number of aliphatic hydroxyl groups is 1. The van der Waals surface area contributed by atoms with Crippen molar-refractivity contribution in [2.75, 3.05) is 6.61 Å². The van der Waals surface area contributed by atoms with Gasteiger partial charge in [-0.05, 0) is 18.9 Å². The fourth-order valence-corrected chi connectivity index (χ4v) is 30.6. The lowest BCUT2D eigenvalue weighted by atomic mass is 9.97. The van der Waals surface area contributed by atoms with Crippen LogP contribution in [0.5, 0.6) is 0 Å². The average Bonchev–Trinajstić information content (AvgIpc) is 2.31. The van der Waals surface area contributed by atoms with E-state index < -0.39 is 7.59 Å². The van der Waals surface area contributed by atoms with Crippen molar-refractivity contribution in [1.29, 1.82) is 0 Å². The van der Waals surface area contributed by atoms with Crippen LogP contribution in [0.4, 0.5) is 0 Å². The van der Waals surface area contributed by atoms with E-state index in [0.29, 0.717) is 0 Å². The summed E-state index contributed by atoms with van der Waals surface area (Å²) < 4.78 is 5.69.